The molecule has 5 rings (SSSR count). The molecule has 11 heteroatoms. The molecule has 0 saturated carbocycles. The minimum Gasteiger partial charge on any atom is -0.353 e. The van der Waals surface area contributed by atoms with Crippen molar-refractivity contribution in [3.8, 4) is 11.3 Å². The van der Waals surface area contributed by atoms with Crippen LogP contribution in [0.1, 0.15) is 11.6 Å². The third-order valence-corrected chi connectivity index (χ3v) is 5.52. The summed E-state index contributed by atoms with van der Waals surface area (Å²) < 4.78 is 43.5. The zero-order valence-electron chi connectivity index (χ0n) is 17.1. The van der Waals surface area contributed by atoms with Gasteiger partial charge < -0.3 is 10.3 Å². The van der Waals surface area contributed by atoms with Crippen molar-refractivity contribution < 1.29 is 13.2 Å². The first-order valence-electron chi connectivity index (χ1n) is 9.99. The third kappa shape index (κ3) is 3.92. The zero-order chi connectivity index (χ0) is 23.9. The van der Waals surface area contributed by atoms with Crippen molar-refractivity contribution in [2.24, 2.45) is 0 Å². The lowest BCUT2D eigenvalue weighted by Gasteiger charge is -2.25. The average Bonchev–Trinajstić information content (AvgIpc) is 2.82. The number of rotatable bonds is 4. The molecule has 7 nitrogen and oxygen atoms in total. The average molecular weight is 483 g/mol. The van der Waals surface area contributed by atoms with E-state index in [9.17, 15) is 18.0 Å². The van der Waals surface area contributed by atoms with E-state index in [2.05, 4.69) is 30.2 Å². The lowest BCUT2D eigenvalue weighted by atomic mass is 9.97. The fraction of sp³-hybridized carbons (Fsp3) is 0.0870. The zero-order valence-corrected chi connectivity index (χ0v) is 17.9. The van der Waals surface area contributed by atoms with E-state index in [0.717, 1.165) is 6.33 Å². The van der Waals surface area contributed by atoms with Crippen molar-refractivity contribution in [3.63, 3.8) is 0 Å². The van der Waals surface area contributed by atoms with Crippen LogP contribution in [0, 0.1) is 0 Å². The molecule has 0 fully saturated rings. The lowest BCUT2D eigenvalue weighted by molar-refractivity contribution is -0.143. The number of hydrogen-bond donors (Lipinski definition) is 2. The summed E-state index contributed by atoms with van der Waals surface area (Å²) >= 11 is 6.26. The number of hydrogen-bond acceptors (Lipinski definition) is 6. The molecule has 0 amide bonds. The number of pyridine rings is 3. The number of halogens is 4. The maximum Gasteiger partial charge on any atom is 0.412 e. The summed E-state index contributed by atoms with van der Waals surface area (Å²) in [4.78, 5) is 31.6. The highest BCUT2D eigenvalue weighted by molar-refractivity contribution is 6.35. The summed E-state index contributed by atoms with van der Waals surface area (Å²) in [5.41, 5.74) is -0.190. The van der Waals surface area contributed by atoms with Gasteiger partial charge in [0.05, 0.1) is 27.3 Å². The van der Waals surface area contributed by atoms with Crippen LogP contribution in [0.2, 0.25) is 5.02 Å². The van der Waals surface area contributed by atoms with Crippen LogP contribution in [0.25, 0.3) is 33.2 Å². The summed E-state index contributed by atoms with van der Waals surface area (Å²) in [6.45, 7) is 0. The van der Waals surface area contributed by atoms with Gasteiger partial charge in [0.1, 0.15) is 11.8 Å². The first kappa shape index (κ1) is 21.8. The van der Waals surface area contributed by atoms with Gasteiger partial charge in [0.25, 0.3) is 5.56 Å². The number of anilines is 1. The molecule has 0 bridgehead atoms. The van der Waals surface area contributed by atoms with Gasteiger partial charge >= 0.3 is 6.18 Å². The number of para-hydroxylation sites is 1. The van der Waals surface area contributed by atoms with E-state index in [1.165, 1.54) is 30.6 Å². The standard InChI is InChI=1S/C23H14ClF3N6O/c24-15-6-1-4-12-10-14(18(32-17(12)15)13-5-2-9-29-22(13)34)20(23(25,26)27)33-21-19-16(30-11-31-21)7-3-8-28-19/h1-11,20H,(H,29,34)(H,30,31,33)/t20-/m0/s1. The minimum absolute atomic E-state index is 0.0268. The van der Waals surface area contributed by atoms with E-state index >= 15 is 0 Å². The van der Waals surface area contributed by atoms with Crippen LogP contribution >= 0.6 is 11.6 Å². The van der Waals surface area contributed by atoms with Crippen molar-refractivity contribution in [2.45, 2.75) is 12.2 Å². The van der Waals surface area contributed by atoms with E-state index in [4.69, 9.17) is 11.6 Å². The molecule has 34 heavy (non-hydrogen) atoms. The van der Waals surface area contributed by atoms with Crippen molar-refractivity contribution in [1.29, 1.82) is 0 Å². The Labute approximate surface area is 194 Å². The highest BCUT2D eigenvalue weighted by atomic mass is 35.5. The summed E-state index contributed by atoms with van der Waals surface area (Å²) in [6, 6.07) is 10.0. The van der Waals surface area contributed by atoms with E-state index in [0.29, 0.717) is 10.9 Å². The predicted molar refractivity (Wildman–Crippen MR) is 123 cm³/mol. The fourth-order valence-corrected chi connectivity index (χ4v) is 3.92. The van der Waals surface area contributed by atoms with Gasteiger partial charge in [-0.1, -0.05) is 23.7 Å². The monoisotopic (exact) mass is 482 g/mol. The Balaban J connectivity index is 1.77. The highest BCUT2D eigenvalue weighted by Gasteiger charge is 2.43. The second-order valence-electron chi connectivity index (χ2n) is 7.36. The minimum atomic E-state index is -4.78. The third-order valence-electron chi connectivity index (χ3n) is 5.21. The maximum absolute atomic E-state index is 14.5. The number of benzene rings is 1. The first-order chi connectivity index (χ1) is 16.3. The second-order valence-corrected chi connectivity index (χ2v) is 7.77. The van der Waals surface area contributed by atoms with Crippen LogP contribution in [-0.2, 0) is 0 Å². The molecule has 5 aromatic rings. The topological polar surface area (TPSA) is 96.5 Å². The molecule has 170 valence electrons. The van der Waals surface area contributed by atoms with Crippen LogP contribution in [0.15, 0.2) is 72.0 Å². The van der Waals surface area contributed by atoms with Crippen molar-refractivity contribution in [3.05, 3.63) is 88.2 Å². The molecule has 2 N–H and O–H groups in total. The number of nitrogens with zero attached hydrogens (tertiary/aromatic N) is 4. The SMILES string of the molecule is O=c1[nH]cccc1-c1nc2c(Cl)cccc2cc1[C@H](Nc1ncnc2cccnc12)C(F)(F)F. The Morgan fingerprint density at radius 3 is 2.65 bits per heavy atom. The van der Waals surface area contributed by atoms with Gasteiger partial charge in [0.15, 0.2) is 11.9 Å². The molecule has 4 aromatic heterocycles. The molecule has 0 unspecified atom stereocenters. The van der Waals surface area contributed by atoms with Crippen LogP contribution in [0.4, 0.5) is 19.0 Å². The molecule has 0 aliphatic rings. The van der Waals surface area contributed by atoms with Gasteiger partial charge in [0.2, 0.25) is 0 Å². The van der Waals surface area contributed by atoms with Crippen LogP contribution in [0.5, 0.6) is 0 Å². The molecule has 1 atom stereocenters. The second kappa shape index (κ2) is 8.38. The summed E-state index contributed by atoms with van der Waals surface area (Å²) in [5.74, 6) is -0.105. The Morgan fingerprint density at radius 2 is 1.85 bits per heavy atom. The van der Waals surface area contributed by atoms with Crippen molar-refractivity contribution in [2.75, 3.05) is 5.32 Å². The molecule has 0 aliphatic carbocycles. The smallest absolute Gasteiger partial charge is 0.353 e. The van der Waals surface area contributed by atoms with Gasteiger partial charge in [-0.3, -0.25) is 9.78 Å². The Hall–Kier alpha value is -4.05. The molecule has 0 aliphatic heterocycles. The molecule has 0 radical (unpaired) electrons. The van der Waals surface area contributed by atoms with Gasteiger partial charge in [-0.15, -0.1) is 0 Å². The number of alkyl halides is 3. The summed E-state index contributed by atoms with van der Waals surface area (Å²) in [7, 11) is 0. The van der Waals surface area contributed by atoms with Gasteiger partial charge in [-0.2, -0.15) is 13.2 Å². The van der Waals surface area contributed by atoms with Gasteiger partial charge in [0, 0.05) is 23.3 Å². The highest BCUT2D eigenvalue weighted by Crippen LogP contribution is 2.41. The van der Waals surface area contributed by atoms with Crippen molar-refractivity contribution in [1.82, 2.24) is 24.9 Å². The molecule has 0 spiro atoms. The molecule has 0 saturated heterocycles. The number of H-pyrrole nitrogens is 1. The van der Waals surface area contributed by atoms with Crippen LogP contribution in [0.3, 0.4) is 0 Å². The molecular formula is C23H14ClF3N6O. The number of fused-ring (bicyclic) bond motifs is 2. The van der Waals surface area contributed by atoms with E-state index in [-0.39, 0.29) is 38.7 Å². The first-order valence-corrected chi connectivity index (χ1v) is 10.4. The molecular weight excluding hydrogens is 469 g/mol. The Morgan fingerprint density at radius 1 is 1.00 bits per heavy atom. The lowest BCUT2D eigenvalue weighted by Crippen LogP contribution is -2.29. The summed E-state index contributed by atoms with van der Waals surface area (Å²) in [6.07, 6.45) is -0.803. The quantitative estimate of drug-likeness (QED) is 0.361. The predicted octanol–water partition coefficient (Wildman–Crippen LogP) is 5.30. The van der Waals surface area contributed by atoms with E-state index in [1.54, 1.807) is 30.3 Å². The Bertz CT molecular complexity index is 1580. The van der Waals surface area contributed by atoms with Crippen molar-refractivity contribution >= 4 is 39.4 Å². The van der Waals surface area contributed by atoms with Crippen LogP contribution < -0.4 is 10.9 Å². The van der Waals surface area contributed by atoms with Gasteiger partial charge in [-0.25, -0.2) is 15.0 Å². The normalized spacial score (nSPS) is 12.7. The van der Waals surface area contributed by atoms with Gasteiger partial charge in [-0.05, 0) is 36.4 Å². The summed E-state index contributed by atoms with van der Waals surface area (Å²) in [5, 5.41) is 3.10. The largest absolute Gasteiger partial charge is 0.412 e. The maximum atomic E-state index is 14.5. The van der Waals surface area contributed by atoms with E-state index in [1.807, 2.05) is 0 Å². The van der Waals surface area contributed by atoms with E-state index < -0.39 is 17.8 Å². The van der Waals surface area contributed by atoms with Crippen LogP contribution in [-0.4, -0.2) is 31.1 Å². The number of aromatic amines is 1. The fourth-order valence-electron chi connectivity index (χ4n) is 3.69. The number of nitrogens with one attached hydrogen (secondary N) is 2. The number of aromatic nitrogens is 5. The Kier molecular flexibility index (Phi) is 5.37. The molecule has 1 aromatic carbocycles. The molecule has 4 heterocycles.